The zero-order chi connectivity index (χ0) is 26.9. The second-order valence-corrected chi connectivity index (χ2v) is 12.2. The maximum absolute atomic E-state index is 13.8. The normalized spacial score (nSPS) is 22.9. The van der Waals surface area contributed by atoms with Crippen LogP contribution in [0, 0.1) is 23.2 Å². The predicted molar refractivity (Wildman–Crippen MR) is 157 cm³/mol. The molecule has 214 valence electrons. The fourth-order valence-electron chi connectivity index (χ4n) is 6.78. The summed E-state index contributed by atoms with van der Waals surface area (Å²) in [6, 6.07) is 0. The summed E-state index contributed by atoms with van der Waals surface area (Å²) in [6.45, 7) is 11.5. The molecule has 2 bridgehead atoms. The highest BCUT2D eigenvalue weighted by Crippen LogP contribution is 2.58. The summed E-state index contributed by atoms with van der Waals surface area (Å²) in [5.41, 5.74) is -0.138. The molecule has 4 heteroatoms. The van der Waals surface area contributed by atoms with Gasteiger partial charge in [0.05, 0.1) is 5.92 Å². The van der Waals surface area contributed by atoms with Gasteiger partial charge in [0.25, 0.3) is 0 Å². The molecule has 0 radical (unpaired) electrons. The Morgan fingerprint density at radius 1 is 0.838 bits per heavy atom. The van der Waals surface area contributed by atoms with Crippen molar-refractivity contribution in [1.82, 2.24) is 10.2 Å². The molecule has 4 unspecified atom stereocenters. The van der Waals surface area contributed by atoms with Gasteiger partial charge in [-0.3, -0.25) is 9.59 Å². The van der Waals surface area contributed by atoms with E-state index in [1.165, 1.54) is 77.0 Å². The Kier molecular flexibility index (Phi) is 15.6. The molecule has 0 aromatic rings. The maximum Gasteiger partial charge on any atom is 0.224 e. The van der Waals surface area contributed by atoms with Gasteiger partial charge >= 0.3 is 0 Å². The molecule has 0 heterocycles. The quantitative estimate of drug-likeness (QED) is 0.116. The summed E-state index contributed by atoms with van der Waals surface area (Å²) in [6.07, 6.45) is 25.3. The van der Waals surface area contributed by atoms with Crippen LogP contribution in [0.5, 0.6) is 0 Å². The van der Waals surface area contributed by atoms with Crippen molar-refractivity contribution in [2.45, 2.75) is 143 Å². The van der Waals surface area contributed by atoms with E-state index in [1.54, 1.807) is 0 Å². The molecule has 1 saturated carbocycles. The van der Waals surface area contributed by atoms with Gasteiger partial charge in [0, 0.05) is 31.5 Å². The van der Waals surface area contributed by atoms with Crippen LogP contribution in [-0.4, -0.2) is 36.3 Å². The second-order valence-electron chi connectivity index (χ2n) is 12.2. The van der Waals surface area contributed by atoms with Gasteiger partial charge in [-0.2, -0.15) is 0 Å². The first kappa shape index (κ1) is 31.9. The highest BCUT2D eigenvalue weighted by Gasteiger charge is 2.53. The third-order valence-electron chi connectivity index (χ3n) is 9.21. The third-order valence-corrected chi connectivity index (χ3v) is 9.21. The fraction of sp³-hybridized carbons (Fsp3) is 0.879. The highest BCUT2D eigenvalue weighted by atomic mass is 16.2. The number of rotatable bonds is 22. The van der Waals surface area contributed by atoms with Gasteiger partial charge in [0.15, 0.2) is 0 Å². The molecule has 0 aliphatic heterocycles. The first-order valence-electron chi connectivity index (χ1n) is 16.2. The lowest BCUT2D eigenvalue weighted by molar-refractivity contribution is -0.139. The van der Waals surface area contributed by atoms with E-state index in [0.29, 0.717) is 18.3 Å². The summed E-state index contributed by atoms with van der Waals surface area (Å²) in [7, 11) is 0. The van der Waals surface area contributed by atoms with Crippen LogP contribution in [0.2, 0.25) is 0 Å². The Labute approximate surface area is 229 Å². The number of unbranched alkanes of at least 4 members (excludes halogenated alkanes) is 12. The Morgan fingerprint density at radius 2 is 1.38 bits per heavy atom. The predicted octanol–water partition coefficient (Wildman–Crippen LogP) is 8.45. The monoisotopic (exact) mass is 516 g/mol. The average Bonchev–Trinajstić information content (AvgIpc) is 3.45. The van der Waals surface area contributed by atoms with Crippen LogP contribution >= 0.6 is 0 Å². The van der Waals surface area contributed by atoms with Crippen molar-refractivity contribution in [3.63, 3.8) is 0 Å². The Balaban J connectivity index is 2.03. The van der Waals surface area contributed by atoms with Crippen LogP contribution in [0.3, 0.4) is 0 Å². The van der Waals surface area contributed by atoms with Gasteiger partial charge in [-0.15, -0.1) is 0 Å². The number of carbonyl (C=O) groups excluding carboxylic acids is 2. The van der Waals surface area contributed by atoms with Crippen molar-refractivity contribution in [2.24, 2.45) is 23.2 Å². The SMILES string of the molecule is CCCCCCCNC(=O)C(CC(=O)N(CCCCCCC)CCCCCCC)C12C=CC(CC1C)C2. The molecule has 2 rings (SSSR count). The minimum atomic E-state index is -0.239. The summed E-state index contributed by atoms with van der Waals surface area (Å²) < 4.78 is 0. The molecule has 0 saturated heterocycles. The molecule has 0 aromatic heterocycles. The minimum Gasteiger partial charge on any atom is -0.356 e. The average molecular weight is 517 g/mol. The Hall–Kier alpha value is -1.32. The summed E-state index contributed by atoms with van der Waals surface area (Å²) >= 11 is 0. The number of nitrogens with zero attached hydrogens (tertiary/aromatic N) is 1. The van der Waals surface area contributed by atoms with Gasteiger partial charge in [0.2, 0.25) is 11.8 Å². The molecular formula is C33H60N2O2. The molecule has 37 heavy (non-hydrogen) atoms. The number of hydrogen-bond acceptors (Lipinski definition) is 2. The van der Waals surface area contributed by atoms with Gasteiger partial charge < -0.3 is 10.2 Å². The number of amides is 2. The van der Waals surface area contributed by atoms with Crippen molar-refractivity contribution in [3.8, 4) is 0 Å². The van der Waals surface area contributed by atoms with Crippen LogP contribution in [0.1, 0.15) is 143 Å². The van der Waals surface area contributed by atoms with Gasteiger partial charge in [-0.05, 0) is 43.9 Å². The molecule has 2 aliphatic carbocycles. The van der Waals surface area contributed by atoms with Crippen LogP contribution < -0.4 is 5.32 Å². The van der Waals surface area contributed by atoms with E-state index in [-0.39, 0.29) is 23.1 Å². The smallest absolute Gasteiger partial charge is 0.224 e. The number of carbonyl (C=O) groups is 2. The molecule has 1 fully saturated rings. The number of fused-ring (bicyclic) bond motifs is 2. The zero-order valence-corrected chi connectivity index (χ0v) is 25.0. The minimum absolute atomic E-state index is 0.119. The highest BCUT2D eigenvalue weighted by molar-refractivity contribution is 5.87. The lowest BCUT2D eigenvalue weighted by Gasteiger charge is -2.38. The lowest BCUT2D eigenvalue weighted by atomic mass is 9.67. The first-order valence-corrected chi connectivity index (χ1v) is 16.2. The molecule has 0 spiro atoms. The Bertz CT molecular complexity index is 661. The van der Waals surface area contributed by atoms with Crippen LogP contribution in [0.25, 0.3) is 0 Å². The summed E-state index contributed by atoms with van der Waals surface area (Å²) in [5.74, 6) is 1.14. The van der Waals surface area contributed by atoms with E-state index in [2.05, 4.69) is 50.1 Å². The molecule has 0 aromatic carbocycles. The number of allylic oxidation sites excluding steroid dienone is 2. The van der Waals surface area contributed by atoms with E-state index in [4.69, 9.17) is 0 Å². The summed E-state index contributed by atoms with van der Waals surface area (Å²) in [4.78, 5) is 29.6. The second kappa shape index (κ2) is 18.1. The lowest BCUT2D eigenvalue weighted by Crippen LogP contribution is -2.46. The van der Waals surface area contributed by atoms with E-state index >= 15 is 0 Å². The third kappa shape index (κ3) is 10.4. The van der Waals surface area contributed by atoms with E-state index in [9.17, 15) is 9.59 Å². The van der Waals surface area contributed by atoms with E-state index < -0.39 is 0 Å². The van der Waals surface area contributed by atoms with Crippen LogP contribution in [0.15, 0.2) is 12.2 Å². The first-order chi connectivity index (χ1) is 18.0. The molecule has 1 N–H and O–H groups in total. The molecule has 2 aliphatic rings. The molecule has 4 nitrogen and oxygen atoms in total. The van der Waals surface area contributed by atoms with Crippen molar-refractivity contribution >= 4 is 11.8 Å². The maximum atomic E-state index is 13.8. The molecule has 4 atom stereocenters. The topological polar surface area (TPSA) is 49.4 Å². The largest absolute Gasteiger partial charge is 0.356 e. The van der Waals surface area contributed by atoms with Crippen molar-refractivity contribution < 1.29 is 9.59 Å². The Morgan fingerprint density at radius 3 is 1.86 bits per heavy atom. The number of nitrogens with one attached hydrogen (secondary N) is 1. The summed E-state index contributed by atoms with van der Waals surface area (Å²) in [5, 5.41) is 3.27. The van der Waals surface area contributed by atoms with Crippen LogP contribution in [0.4, 0.5) is 0 Å². The van der Waals surface area contributed by atoms with Gasteiger partial charge in [0.1, 0.15) is 0 Å². The zero-order valence-electron chi connectivity index (χ0n) is 25.0. The number of hydrogen-bond donors (Lipinski definition) is 1. The van der Waals surface area contributed by atoms with Gasteiger partial charge in [-0.1, -0.05) is 117 Å². The molecular weight excluding hydrogens is 456 g/mol. The van der Waals surface area contributed by atoms with E-state index in [1.807, 2.05) is 0 Å². The van der Waals surface area contributed by atoms with Crippen LogP contribution in [-0.2, 0) is 9.59 Å². The fourth-order valence-corrected chi connectivity index (χ4v) is 6.78. The van der Waals surface area contributed by atoms with E-state index in [0.717, 1.165) is 51.7 Å². The van der Waals surface area contributed by atoms with Crippen molar-refractivity contribution in [2.75, 3.05) is 19.6 Å². The standard InChI is InChI=1S/C33H60N2O2/c1-5-8-11-14-17-22-34-32(37)30(33-21-20-29(27-33)25-28(33)4)26-31(36)35(23-18-15-12-9-6-2)24-19-16-13-10-7-3/h20-21,28-30H,5-19,22-27H2,1-4H3,(H,34,37). The van der Waals surface area contributed by atoms with Crippen molar-refractivity contribution in [1.29, 1.82) is 0 Å². The van der Waals surface area contributed by atoms with Crippen molar-refractivity contribution in [3.05, 3.63) is 12.2 Å². The van der Waals surface area contributed by atoms with Gasteiger partial charge in [-0.25, -0.2) is 0 Å². The molecule has 2 amide bonds.